The molecule has 3 atom stereocenters. The lowest BCUT2D eigenvalue weighted by Crippen LogP contribution is -2.51. The minimum Gasteiger partial charge on any atom is -0.325 e. The molecule has 3 aliphatic heterocycles. The van der Waals surface area contributed by atoms with Crippen molar-refractivity contribution in [2.75, 3.05) is 32.7 Å². The molecule has 3 saturated heterocycles. The lowest BCUT2D eigenvalue weighted by Gasteiger charge is -2.46. The van der Waals surface area contributed by atoms with E-state index in [1.165, 1.54) is 43.2 Å². The minimum absolute atomic E-state index is 0.148. The van der Waals surface area contributed by atoms with Gasteiger partial charge in [0.25, 0.3) is 0 Å². The second-order valence-electron chi connectivity index (χ2n) is 12.1. The number of hydrogen-bond donors (Lipinski definition) is 0. The number of para-hydroxylation sites is 2. The monoisotopic (exact) mass is 527 g/mol. The highest BCUT2D eigenvalue weighted by atomic mass is 16.2. The van der Waals surface area contributed by atoms with Gasteiger partial charge in [0.2, 0.25) is 0 Å². The maximum Gasteiger partial charge on any atom is 0.319 e. The number of aryl methyl sites for hydroxylation is 1. The minimum atomic E-state index is 0.148. The van der Waals surface area contributed by atoms with Gasteiger partial charge < -0.3 is 14.4 Å². The van der Waals surface area contributed by atoms with Gasteiger partial charge in [0.15, 0.2) is 0 Å². The summed E-state index contributed by atoms with van der Waals surface area (Å²) < 4.78 is 2.53. The lowest BCUT2D eigenvalue weighted by atomic mass is 9.70. The number of piperidine rings is 2. The van der Waals surface area contributed by atoms with Gasteiger partial charge in [-0.05, 0) is 95.4 Å². The van der Waals surface area contributed by atoms with Gasteiger partial charge in [-0.25, -0.2) is 9.78 Å². The van der Waals surface area contributed by atoms with Gasteiger partial charge >= 0.3 is 6.03 Å². The van der Waals surface area contributed by atoms with Gasteiger partial charge in [0.1, 0.15) is 5.82 Å². The molecule has 0 saturated carbocycles. The van der Waals surface area contributed by atoms with Crippen LogP contribution in [0, 0.1) is 6.92 Å². The molecule has 3 fully saturated rings. The van der Waals surface area contributed by atoms with Gasteiger partial charge in [0, 0.05) is 44.3 Å². The molecule has 39 heavy (non-hydrogen) atoms. The van der Waals surface area contributed by atoms with Crippen molar-refractivity contribution in [2.45, 2.75) is 89.3 Å². The van der Waals surface area contributed by atoms with Gasteiger partial charge in [-0.3, -0.25) is 4.90 Å². The van der Waals surface area contributed by atoms with Crippen LogP contribution in [0.4, 0.5) is 4.79 Å². The molecule has 3 aromatic rings. The Morgan fingerprint density at radius 2 is 1.56 bits per heavy atom. The first-order chi connectivity index (χ1) is 19.0. The fourth-order valence-corrected chi connectivity index (χ4v) is 8.09. The first-order valence-corrected chi connectivity index (χ1v) is 15.3. The second-order valence-corrected chi connectivity index (χ2v) is 12.1. The van der Waals surface area contributed by atoms with Gasteiger partial charge in [-0.2, -0.15) is 0 Å². The van der Waals surface area contributed by atoms with E-state index < -0.39 is 0 Å². The number of nitrogens with zero attached hydrogens (tertiary/aromatic N) is 5. The molecule has 0 radical (unpaired) electrons. The zero-order valence-corrected chi connectivity index (χ0v) is 24.1. The van der Waals surface area contributed by atoms with Crippen LogP contribution in [-0.4, -0.2) is 75.1 Å². The maximum absolute atomic E-state index is 13.1. The number of likely N-dealkylation sites (tertiary alicyclic amines) is 1. The predicted octanol–water partition coefficient (Wildman–Crippen LogP) is 6.40. The number of carbonyl (C=O) groups excluding carboxylic acids is 1. The summed E-state index contributed by atoms with van der Waals surface area (Å²) in [4.78, 5) is 24.9. The number of imidazole rings is 1. The third-order valence-electron chi connectivity index (χ3n) is 10.3. The van der Waals surface area contributed by atoms with Crippen molar-refractivity contribution in [1.82, 2.24) is 24.3 Å². The number of fused-ring (bicyclic) bond motifs is 3. The Morgan fingerprint density at radius 3 is 2.23 bits per heavy atom. The summed E-state index contributed by atoms with van der Waals surface area (Å²) in [6, 6.07) is 21.9. The molecule has 4 heterocycles. The Morgan fingerprint density at radius 1 is 0.923 bits per heavy atom. The van der Waals surface area contributed by atoms with E-state index in [0.29, 0.717) is 18.1 Å². The van der Waals surface area contributed by atoms with Crippen LogP contribution in [0.25, 0.3) is 11.0 Å². The molecular weight excluding hydrogens is 482 g/mol. The average Bonchev–Trinajstić information content (AvgIpc) is 3.43. The predicted molar refractivity (Wildman–Crippen MR) is 158 cm³/mol. The third kappa shape index (κ3) is 4.86. The zero-order valence-electron chi connectivity index (χ0n) is 24.1. The smallest absolute Gasteiger partial charge is 0.319 e. The molecule has 0 N–H and O–H groups in total. The average molecular weight is 528 g/mol. The number of urea groups is 1. The SMILES string of the molecule is CCN(CC)C(=O)N1CCC(CCN2[C@@H]3CC[C@H]2CC(n2c(C)nc4ccccc42)C3)(c2ccccc2)CC1. The lowest BCUT2D eigenvalue weighted by molar-refractivity contribution is 0.0824. The van der Waals surface area contributed by atoms with Crippen LogP contribution in [0.15, 0.2) is 54.6 Å². The van der Waals surface area contributed by atoms with Crippen molar-refractivity contribution in [1.29, 1.82) is 0 Å². The molecule has 1 aromatic heterocycles. The van der Waals surface area contributed by atoms with Crippen molar-refractivity contribution < 1.29 is 4.79 Å². The van der Waals surface area contributed by atoms with Gasteiger partial charge in [-0.1, -0.05) is 42.5 Å². The molecule has 2 amide bonds. The molecule has 6 nitrogen and oxygen atoms in total. The highest BCUT2D eigenvalue weighted by molar-refractivity contribution is 5.76. The molecule has 3 aliphatic rings. The quantitative estimate of drug-likeness (QED) is 0.357. The number of amides is 2. The first kappa shape index (κ1) is 26.4. The van der Waals surface area contributed by atoms with Crippen molar-refractivity contribution >= 4 is 17.1 Å². The number of hydrogen-bond acceptors (Lipinski definition) is 3. The fourth-order valence-electron chi connectivity index (χ4n) is 8.09. The molecule has 0 aliphatic carbocycles. The van der Waals surface area contributed by atoms with E-state index >= 15 is 0 Å². The van der Waals surface area contributed by atoms with Crippen molar-refractivity contribution in [3.8, 4) is 0 Å². The molecular formula is C33H45N5O. The van der Waals surface area contributed by atoms with E-state index in [0.717, 1.165) is 56.9 Å². The molecule has 0 spiro atoms. The summed E-state index contributed by atoms with van der Waals surface area (Å²) in [5, 5.41) is 0. The van der Waals surface area contributed by atoms with E-state index in [1.54, 1.807) is 0 Å². The normalized spacial score (nSPS) is 24.8. The Balaban J connectivity index is 1.16. The highest BCUT2D eigenvalue weighted by Gasteiger charge is 2.44. The fraction of sp³-hybridized carbons (Fsp3) is 0.576. The first-order valence-electron chi connectivity index (χ1n) is 15.3. The Kier molecular flexibility index (Phi) is 7.41. The summed E-state index contributed by atoms with van der Waals surface area (Å²) in [5.41, 5.74) is 4.03. The highest BCUT2D eigenvalue weighted by Crippen LogP contribution is 2.45. The summed E-state index contributed by atoms with van der Waals surface area (Å²) in [6.07, 6.45) is 8.36. The van der Waals surface area contributed by atoms with Crippen LogP contribution in [0.1, 0.15) is 76.2 Å². The standard InChI is InChI=1S/C33H45N5O/c1-4-35(5-2)32(39)36-20-17-33(18-21-36,26-11-7-6-8-12-26)19-22-37-27-15-16-28(37)24-29(23-27)38-25(3)34-30-13-9-10-14-31(30)38/h6-14,27-29H,4-5,15-24H2,1-3H3/t27-,28+,29?. The Hall–Kier alpha value is -2.86. The molecule has 6 rings (SSSR count). The van der Waals surface area contributed by atoms with E-state index in [-0.39, 0.29) is 11.4 Å². The Labute approximate surface area is 234 Å². The molecule has 208 valence electrons. The van der Waals surface area contributed by atoms with Crippen molar-refractivity contribution in [2.24, 2.45) is 0 Å². The van der Waals surface area contributed by atoms with Crippen molar-refractivity contribution in [3.05, 3.63) is 66.0 Å². The second kappa shape index (κ2) is 11.0. The maximum atomic E-state index is 13.1. The zero-order chi connectivity index (χ0) is 27.0. The van der Waals surface area contributed by atoms with Crippen LogP contribution < -0.4 is 0 Å². The van der Waals surface area contributed by atoms with Crippen LogP contribution >= 0.6 is 0 Å². The van der Waals surface area contributed by atoms with E-state index in [9.17, 15) is 4.79 Å². The molecule has 1 unspecified atom stereocenters. The van der Waals surface area contributed by atoms with E-state index in [1.807, 2.05) is 4.90 Å². The number of benzene rings is 2. The van der Waals surface area contributed by atoms with Crippen LogP contribution in [0.5, 0.6) is 0 Å². The third-order valence-corrected chi connectivity index (χ3v) is 10.3. The van der Waals surface area contributed by atoms with Crippen LogP contribution in [0.3, 0.4) is 0 Å². The van der Waals surface area contributed by atoms with E-state index in [4.69, 9.17) is 4.98 Å². The Bertz CT molecular complexity index is 1260. The number of aromatic nitrogens is 2. The van der Waals surface area contributed by atoms with Crippen LogP contribution in [-0.2, 0) is 5.41 Å². The van der Waals surface area contributed by atoms with Gasteiger partial charge in [0.05, 0.1) is 11.0 Å². The largest absolute Gasteiger partial charge is 0.325 e. The topological polar surface area (TPSA) is 44.6 Å². The van der Waals surface area contributed by atoms with Crippen LogP contribution in [0.2, 0.25) is 0 Å². The molecule has 6 heteroatoms. The molecule has 2 aromatic carbocycles. The summed E-state index contributed by atoms with van der Waals surface area (Å²) in [7, 11) is 0. The summed E-state index contributed by atoms with van der Waals surface area (Å²) in [5.74, 6) is 1.16. The van der Waals surface area contributed by atoms with E-state index in [2.05, 4.69) is 89.7 Å². The van der Waals surface area contributed by atoms with Gasteiger partial charge in [-0.15, -0.1) is 0 Å². The number of carbonyl (C=O) groups is 1. The summed E-state index contributed by atoms with van der Waals surface area (Å²) >= 11 is 0. The van der Waals surface area contributed by atoms with Crippen molar-refractivity contribution in [3.63, 3.8) is 0 Å². The molecule has 2 bridgehead atoms. The summed E-state index contributed by atoms with van der Waals surface area (Å²) in [6.45, 7) is 10.8. The number of rotatable bonds is 7.